The number of benzene rings is 1. The molecule has 3 N–H and O–H groups in total. The first kappa shape index (κ1) is 18.0. The molecule has 22 heavy (non-hydrogen) atoms. The Morgan fingerprint density at radius 2 is 2.14 bits per heavy atom. The van der Waals surface area contributed by atoms with Gasteiger partial charge in [-0.3, -0.25) is 0 Å². The second kappa shape index (κ2) is 9.78. The number of alkyl halides is 2. The molecule has 0 atom stereocenters. The summed E-state index contributed by atoms with van der Waals surface area (Å²) in [4.78, 5) is 4.27. The molecule has 0 spiro atoms. The van der Waals surface area contributed by atoms with Crippen LogP contribution in [0, 0.1) is 0 Å². The molecule has 0 saturated carbocycles. The van der Waals surface area contributed by atoms with E-state index < -0.39 is 6.61 Å². The van der Waals surface area contributed by atoms with Gasteiger partial charge >= 0.3 is 6.61 Å². The predicted molar refractivity (Wildman–Crippen MR) is 79.5 cm³/mol. The molecule has 0 aliphatic rings. The van der Waals surface area contributed by atoms with Gasteiger partial charge in [-0.1, -0.05) is 0 Å². The van der Waals surface area contributed by atoms with Crippen LogP contribution in [0.25, 0.3) is 0 Å². The van der Waals surface area contributed by atoms with Crippen LogP contribution in [0.4, 0.5) is 8.78 Å². The molecule has 0 saturated heterocycles. The van der Waals surface area contributed by atoms with Crippen molar-refractivity contribution >= 4 is 5.96 Å². The molecule has 0 bridgehead atoms. The molecule has 1 rings (SSSR count). The van der Waals surface area contributed by atoms with Crippen LogP contribution in [0.1, 0.15) is 12.5 Å². The van der Waals surface area contributed by atoms with Crippen LogP contribution in [-0.2, 0) is 6.54 Å². The van der Waals surface area contributed by atoms with Crippen molar-refractivity contribution < 1.29 is 23.4 Å². The third-order valence-electron chi connectivity index (χ3n) is 2.64. The smallest absolute Gasteiger partial charge is 0.387 e. The third-order valence-corrected chi connectivity index (χ3v) is 2.64. The lowest BCUT2D eigenvalue weighted by molar-refractivity contribution is -0.0504. The quantitative estimate of drug-likeness (QED) is 0.498. The summed E-state index contributed by atoms with van der Waals surface area (Å²) < 4.78 is 34.4. The lowest BCUT2D eigenvalue weighted by Gasteiger charge is -2.13. The fraction of sp³-hybridized carbons (Fsp3) is 0.500. The Labute approximate surface area is 128 Å². The third kappa shape index (κ3) is 6.13. The van der Waals surface area contributed by atoms with Crippen LogP contribution in [0.5, 0.6) is 11.5 Å². The van der Waals surface area contributed by atoms with Gasteiger partial charge in [-0.15, -0.1) is 0 Å². The first-order chi connectivity index (χ1) is 10.6. The molecule has 0 aliphatic heterocycles. The van der Waals surface area contributed by atoms with E-state index in [0.717, 1.165) is 0 Å². The van der Waals surface area contributed by atoms with Crippen LogP contribution in [0.2, 0.25) is 0 Å². The molecule has 0 unspecified atom stereocenters. The molecular weight excluding hydrogens is 296 g/mol. The number of nitrogens with zero attached hydrogens (tertiary/aromatic N) is 1. The minimum atomic E-state index is -2.91. The topological polar surface area (TPSA) is 75.1 Å². The Morgan fingerprint density at radius 3 is 2.73 bits per heavy atom. The van der Waals surface area contributed by atoms with Crippen molar-refractivity contribution in [3.05, 3.63) is 23.8 Å². The number of methoxy groups -OCH3 is 1. The second-order valence-corrected chi connectivity index (χ2v) is 4.20. The molecule has 0 radical (unpaired) electrons. The maximum absolute atomic E-state index is 12.4. The molecule has 1 aromatic rings. The van der Waals surface area contributed by atoms with E-state index in [1.165, 1.54) is 13.2 Å². The van der Waals surface area contributed by atoms with E-state index in [2.05, 4.69) is 20.4 Å². The normalized spacial score (nSPS) is 11.5. The number of guanidine groups is 1. The minimum absolute atomic E-state index is 0.0384. The number of nitrogens with one attached hydrogen (secondary N) is 2. The van der Waals surface area contributed by atoms with E-state index >= 15 is 0 Å². The average Bonchev–Trinajstić information content (AvgIpc) is 2.50. The highest BCUT2D eigenvalue weighted by Gasteiger charge is 2.11. The van der Waals surface area contributed by atoms with E-state index in [1.807, 2.05) is 6.92 Å². The van der Waals surface area contributed by atoms with E-state index in [4.69, 9.17) is 9.84 Å². The van der Waals surface area contributed by atoms with Gasteiger partial charge in [-0.2, -0.15) is 8.78 Å². The molecular formula is C14H21F2N3O3. The molecule has 6 nitrogen and oxygen atoms in total. The monoisotopic (exact) mass is 317 g/mol. The molecule has 0 amide bonds. The zero-order valence-electron chi connectivity index (χ0n) is 12.6. The van der Waals surface area contributed by atoms with Crippen LogP contribution >= 0.6 is 0 Å². The largest absolute Gasteiger partial charge is 0.497 e. The molecule has 8 heteroatoms. The number of rotatable bonds is 8. The summed E-state index contributed by atoms with van der Waals surface area (Å²) in [5.74, 6) is 1.06. The lowest BCUT2D eigenvalue weighted by Crippen LogP contribution is -2.38. The van der Waals surface area contributed by atoms with Gasteiger partial charge < -0.3 is 25.2 Å². The van der Waals surface area contributed by atoms with Crippen LogP contribution in [-0.4, -0.2) is 44.5 Å². The number of aliphatic hydroxyl groups excluding tert-OH is 1. The molecule has 0 aromatic heterocycles. The van der Waals surface area contributed by atoms with Gasteiger partial charge in [0.15, 0.2) is 5.96 Å². The van der Waals surface area contributed by atoms with Gasteiger partial charge in [0.1, 0.15) is 11.5 Å². The van der Waals surface area contributed by atoms with Crippen LogP contribution < -0.4 is 20.1 Å². The first-order valence-corrected chi connectivity index (χ1v) is 6.85. The fourth-order valence-corrected chi connectivity index (χ4v) is 1.70. The zero-order valence-corrected chi connectivity index (χ0v) is 12.6. The average molecular weight is 317 g/mol. The van der Waals surface area contributed by atoms with Gasteiger partial charge in [0.2, 0.25) is 0 Å². The minimum Gasteiger partial charge on any atom is -0.497 e. The van der Waals surface area contributed by atoms with E-state index in [1.54, 1.807) is 12.1 Å². The molecule has 0 fully saturated rings. The van der Waals surface area contributed by atoms with Crippen molar-refractivity contribution in [2.24, 2.45) is 4.99 Å². The highest BCUT2D eigenvalue weighted by molar-refractivity contribution is 5.79. The fourth-order valence-electron chi connectivity index (χ4n) is 1.70. The Morgan fingerprint density at radius 1 is 1.36 bits per heavy atom. The summed E-state index contributed by atoms with van der Waals surface area (Å²) in [5, 5.41) is 14.7. The van der Waals surface area contributed by atoms with Crippen molar-refractivity contribution in [2.75, 3.05) is 26.8 Å². The van der Waals surface area contributed by atoms with Crippen molar-refractivity contribution in [1.82, 2.24) is 10.6 Å². The summed E-state index contributed by atoms with van der Waals surface area (Å²) in [6.45, 7) is 0.0492. The Kier molecular flexibility index (Phi) is 7.98. The number of halogens is 2. The maximum atomic E-state index is 12.4. The van der Waals surface area contributed by atoms with Gasteiger partial charge in [-0.25, -0.2) is 4.99 Å². The Hall–Kier alpha value is -2.09. The SMILES string of the molecule is CCNC(=NCc1cc(OC)ccc1OC(F)F)NCCO. The summed E-state index contributed by atoms with van der Waals surface area (Å²) >= 11 is 0. The number of aliphatic hydroxyl groups is 1. The molecule has 1 aromatic carbocycles. The highest BCUT2D eigenvalue weighted by Crippen LogP contribution is 2.26. The summed E-state index contributed by atoms with van der Waals surface area (Å²) in [7, 11) is 1.49. The zero-order chi connectivity index (χ0) is 16.4. The van der Waals surface area contributed by atoms with E-state index in [9.17, 15) is 8.78 Å². The molecule has 0 aliphatic carbocycles. The van der Waals surface area contributed by atoms with Crippen molar-refractivity contribution in [1.29, 1.82) is 0 Å². The number of aliphatic imine (C=N–C) groups is 1. The maximum Gasteiger partial charge on any atom is 0.387 e. The van der Waals surface area contributed by atoms with Gasteiger partial charge in [0.05, 0.1) is 20.3 Å². The van der Waals surface area contributed by atoms with E-state index in [-0.39, 0.29) is 18.9 Å². The number of hydrogen-bond donors (Lipinski definition) is 3. The van der Waals surface area contributed by atoms with Crippen molar-refractivity contribution in [3.63, 3.8) is 0 Å². The van der Waals surface area contributed by atoms with Crippen molar-refractivity contribution in [2.45, 2.75) is 20.1 Å². The predicted octanol–water partition coefficient (Wildman–Crippen LogP) is 1.34. The van der Waals surface area contributed by atoms with Gasteiger partial charge in [0, 0.05) is 18.7 Å². The number of ether oxygens (including phenoxy) is 2. The second-order valence-electron chi connectivity index (χ2n) is 4.20. The Bertz CT molecular complexity index is 484. The van der Waals surface area contributed by atoms with Crippen molar-refractivity contribution in [3.8, 4) is 11.5 Å². The standard InChI is InChI=1S/C14H21F2N3O3/c1-3-17-14(18-6-7-20)19-9-10-8-11(21-2)4-5-12(10)22-13(15)16/h4-5,8,13,20H,3,6-7,9H2,1-2H3,(H2,17,18,19). The van der Waals surface area contributed by atoms with E-state index in [0.29, 0.717) is 30.4 Å². The first-order valence-electron chi connectivity index (χ1n) is 6.85. The Balaban J connectivity index is 2.91. The highest BCUT2D eigenvalue weighted by atomic mass is 19.3. The number of hydrogen-bond acceptors (Lipinski definition) is 4. The van der Waals surface area contributed by atoms with Gasteiger partial charge in [0.25, 0.3) is 0 Å². The lowest BCUT2D eigenvalue weighted by atomic mass is 10.2. The summed E-state index contributed by atoms with van der Waals surface area (Å²) in [6.07, 6.45) is 0. The molecule has 124 valence electrons. The van der Waals surface area contributed by atoms with Crippen LogP contribution in [0.15, 0.2) is 23.2 Å². The summed E-state index contributed by atoms with van der Waals surface area (Å²) in [5.41, 5.74) is 0.473. The molecule has 0 heterocycles. The summed E-state index contributed by atoms with van der Waals surface area (Å²) in [6, 6.07) is 4.56. The van der Waals surface area contributed by atoms with Gasteiger partial charge in [-0.05, 0) is 25.1 Å². The van der Waals surface area contributed by atoms with Crippen LogP contribution in [0.3, 0.4) is 0 Å².